The minimum Gasteiger partial charge on any atom is -0.317 e. The number of rotatable bonds is 3. The van der Waals surface area contributed by atoms with Crippen LogP contribution in [0.1, 0.15) is 12.8 Å². The molecule has 1 aliphatic rings. The standard InChI is InChI=1S/C9H16N4O2S/c1-13(8-2-4-10-5-3-8)16(14,15)9-6-11-12-7-9/h6-8,10H,2-5H2,1H3,(H,11,12). The number of H-pyrrole nitrogens is 1. The molecule has 90 valence electrons. The highest BCUT2D eigenvalue weighted by atomic mass is 32.2. The lowest BCUT2D eigenvalue weighted by molar-refractivity contribution is 0.296. The molecule has 2 N–H and O–H groups in total. The number of hydrogen-bond donors (Lipinski definition) is 2. The van der Waals surface area contributed by atoms with Crippen molar-refractivity contribution in [3.63, 3.8) is 0 Å². The Labute approximate surface area is 95.1 Å². The van der Waals surface area contributed by atoms with Crippen molar-refractivity contribution >= 4 is 10.0 Å². The van der Waals surface area contributed by atoms with Crippen molar-refractivity contribution in [3.05, 3.63) is 12.4 Å². The van der Waals surface area contributed by atoms with E-state index < -0.39 is 10.0 Å². The molecule has 16 heavy (non-hydrogen) atoms. The molecule has 0 radical (unpaired) electrons. The second kappa shape index (κ2) is 4.52. The Kier molecular flexibility index (Phi) is 3.27. The molecule has 0 aliphatic carbocycles. The highest BCUT2D eigenvalue weighted by Gasteiger charge is 2.29. The molecule has 0 spiro atoms. The van der Waals surface area contributed by atoms with Crippen LogP contribution >= 0.6 is 0 Å². The van der Waals surface area contributed by atoms with Gasteiger partial charge in [-0.25, -0.2) is 8.42 Å². The van der Waals surface area contributed by atoms with Crippen LogP contribution in [-0.2, 0) is 10.0 Å². The number of aromatic amines is 1. The van der Waals surface area contributed by atoms with Gasteiger partial charge in [0.2, 0.25) is 10.0 Å². The van der Waals surface area contributed by atoms with Crippen LogP contribution in [0.2, 0.25) is 0 Å². The van der Waals surface area contributed by atoms with Crippen LogP contribution in [0.15, 0.2) is 17.3 Å². The van der Waals surface area contributed by atoms with Crippen molar-refractivity contribution in [2.75, 3.05) is 20.1 Å². The molecular formula is C9H16N4O2S. The third-order valence-corrected chi connectivity index (χ3v) is 4.85. The molecule has 6 nitrogen and oxygen atoms in total. The van der Waals surface area contributed by atoms with Crippen molar-refractivity contribution < 1.29 is 8.42 Å². The van der Waals surface area contributed by atoms with Crippen LogP contribution in [0.25, 0.3) is 0 Å². The number of nitrogens with zero attached hydrogens (tertiary/aromatic N) is 2. The van der Waals surface area contributed by atoms with E-state index in [0.29, 0.717) is 0 Å². The molecule has 0 unspecified atom stereocenters. The third-order valence-electron chi connectivity index (χ3n) is 2.97. The first-order chi connectivity index (χ1) is 7.62. The average molecular weight is 244 g/mol. The Hall–Kier alpha value is -0.920. The first kappa shape index (κ1) is 11.6. The van der Waals surface area contributed by atoms with Crippen LogP contribution in [0.3, 0.4) is 0 Å². The van der Waals surface area contributed by atoms with E-state index in [-0.39, 0.29) is 10.9 Å². The van der Waals surface area contributed by atoms with E-state index in [0.717, 1.165) is 25.9 Å². The van der Waals surface area contributed by atoms with Crippen molar-refractivity contribution in [3.8, 4) is 0 Å². The molecule has 2 heterocycles. The van der Waals surface area contributed by atoms with Crippen molar-refractivity contribution in [1.82, 2.24) is 19.8 Å². The minimum absolute atomic E-state index is 0.0844. The molecule has 1 fully saturated rings. The SMILES string of the molecule is CN(C1CCNCC1)S(=O)(=O)c1cn[nH]c1. The van der Waals surface area contributed by atoms with Gasteiger partial charge in [0.15, 0.2) is 0 Å². The second-order valence-electron chi connectivity index (χ2n) is 3.94. The van der Waals surface area contributed by atoms with Crippen molar-refractivity contribution in [2.24, 2.45) is 0 Å². The summed E-state index contributed by atoms with van der Waals surface area (Å²) < 4.78 is 25.7. The van der Waals surface area contributed by atoms with E-state index in [1.54, 1.807) is 7.05 Å². The molecule has 0 amide bonds. The molecule has 0 saturated carbocycles. The summed E-state index contributed by atoms with van der Waals surface area (Å²) in [7, 11) is -1.75. The lowest BCUT2D eigenvalue weighted by Gasteiger charge is -2.30. The summed E-state index contributed by atoms with van der Waals surface area (Å²) >= 11 is 0. The summed E-state index contributed by atoms with van der Waals surface area (Å²) in [5.41, 5.74) is 0. The number of sulfonamides is 1. The zero-order valence-corrected chi connectivity index (χ0v) is 10.00. The summed E-state index contributed by atoms with van der Waals surface area (Å²) in [6.45, 7) is 1.74. The molecule has 1 aliphatic heterocycles. The maximum absolute atomic E-state index is 12.1. The van der Waals surface area contributed by atoms with Crippen LogP contribution < -0.4 is 5.32 Å². The molecular weight excluding hydrogens is 228 g/mol. The quantitative estimate of drug-likeness (QED) is 0.770. The molecule has 2 rings (SSSR count). The second-order valence-corrected chi connectivity index (χ2v) is 5.93. The van der Waals surface area contributed by atoms with E-state index in [1.165, 1.54) is 16.7 Å². The molecule has 0 aromatic carbocycles. The van der Waals surface area contributed by atoms with Gasteiger partial charge in [-0.1, -0.05) is 0 Å². The average Bonchev–Trinajstić information content (AvgIpc) is 2.83. The molecule has 7 heteroatoms. The van der Waals surface area contributed by atoms with Crippen LogP contribution in [0, 0.1) is 0 Å². The fourth-order valence-corrected chi connectivity index (χ4v) is 3.24. The van der Waals surface area contributed by atoms with Gasteiger partial charge in [-0.2, -0.15) is 9.40 Å². The number of piperidine rings is 1. The highest BCUT2D eigenvalue weighted by molar-refractivity contribution is 7.89. The van der Waals surface area contributed by atoms with Gasteiger partial charge in [-0.15, -0.1) is 0 Å². The summed E-state index contributed by atoms with van der Waals surface area (Å²) in [5, 5.41) is 9.41. The van der Waals surface area contributed by atoms with Gasteiger partial charge in [0.1, 0.15) is 4.90 Å². The fourth-order valence-electron chi connectivity index (χ4n) is 1.91. The van der Waals surface area contributed by atoms with Crippen LogP contribution in [-0.4, -0.2) is 49.1 Å². The number of hydrogen-bond acceptors (Lipinski definition) is 4. The van der Waals surface area contributed by atoms with E-state index in [2.05, 4.69) is 15.5 Å². The maximum Gasteiger partial charge on any atom is 0.246 e. The Morgan fingerprint density at radius 1 is 1.44 bits per heavy atom. The summed E-state index contributed by atoms with van der Waals surface area (Å²) in [4.78, 5) is 0.230. The minimum atomic E-state index is -3.38. The van der Waals surface area contributed by atoms with Crippen LogP contribution in [0.4, 0.5) is 0 Å². The van der Waals surface area contributed by atoms with Gasteiger partial charge >= 0.3 is 0 Å². The van der Waals surface area contributed by atoms with Crippen LogP contribution in [0.5, 0.6) is 0 Å². The Morgan fingerprint density at radius 2 is 2.12 bits per heavy atom. The van der Waals surface area contributed by atoms with Crippen molar-refractivity contribution in [2.45, 2.75) is 23.8 Å². The number of aromatic nitrogens is 2. The predicted molar refractivity (Wildman–Crippen MR) is 59.4 cm³/mol. The Bertz CT molecular complexity index is 422. The molecule has 1 aromatic rings. The molecule has 1 saturated heterocycles. The Morgan fingerprint density at radius 3 is 2.69 bits per heavy atom. The summed E-state index contributed by atoms with van der Waals surface area (Å²) in [6, 6.07) is 0.0844. The third kappa shape index (κ3) is 2.11. The first-order valence-electron chi connectivity index (χ1n) is 5.30. The van der Waals surface area contributed by atoms with Gasteiger partial charge < -0.3 is 5.32 Å². The number of nitrogens with one attached hydrogen (secondary N) is 2. The van der Waals surface area contributed by atoms with Gasteiger partial charge in [-0.3, -0.25) is 5.10 Å². The maximum atomic E-state index is 12.1. The highest BCUT2D eigenvalue weighted by Crippen LogP contribution is 2.19. The smallest absolute Gasteiger partial charge is 0.246 e. The summed E-state index contributed by atoms with van der Waals surface area (Å²) in [6.07, 6.45) is 4.46. The summed E-state index contributed by atoms with van der Waals surface area (Å²) in [5.74, 6) is 0. The largest absolute Gasteiger partial charge is 0.317 e. The zero-order valence-electron chi connectivity index (χ0n) is 9.18. The van der Waals surface area contributed by atoms with E-state index >= 15 is 0 Å². The predicted octanol–water partition coefficient (Wildman–Crippen LogP) is -0.218. The Balaban J connectivity index is 2.17. The van der Waals surface area contributed by atoms with E-state index in [1.807, 2.05) is 0 Å². The molecule has 0 atom stereocenters. The van der Waals surface area contributed by atoms with Gasteiger partial charge in [-0.05, 0) is 25.9 Å². The van der Waals surface area contributed by atoms with Gasteiger partial charge in [0, 0.05) is 19.3 Å². The van der Waals surface area contributed by atoms with E-state index in [9.17, 15) is 8.42 Å². The normalized spacial score (nSPS) is 19.1. The fraction of sp³-hybridized carbons (Fsp3) is 0.667. The van der Waals surface area contributed by atoms with Gasteiger partial charge in [0.05, 0.1) is 6.20 Å². The molecule has 1 aromatic heterocycles. The zero-order chi connectivity index (χ0) is 11.6. The van der Waals surface area contributed by atoms with E-state index in [4.69, 9.17) is 0 Å². The lowest BCUT2D eigenvalue weighted by atomic mass is 10.1. The topological polar surface area (TPSA) is 78.1 Å². The van der Waals surface area contributed by atoms with Crippen molar-refractivity contribution in [1.29, 1.82) is 0 Å². The monoisotopic (exact) mass is 244 g/mol. The lowest BCUT2D eigenvalue weighted by Crippen LogP contribution is -2.43. The van der Waals surface area contributed by atoms with Gasteiger partial charge in [0.25, 0.3) is 0 Å². The first-order valence-corrected chi connectivity index (χ1v) is 6.74. The molecule has 0 bridgehead atoms.